The summed E-state index contributed by atoms with van der Waals surface area (Å²) in [6, 6.07) is 0. The van der Waals surface area contributed by atoms with Gasteiger partial charge in [0.1, 0.15) is 0 Å². The number of rotatable bonds is 36. The minimum atomic E-state index is -3.44. The SMILES string of the molecule is CNCCCCC(C)COP(OC)OCCOCCOCCOP(=O)(OC)OC.CO.COPOCCOCCOCCOP(=O)(OC)OC. The number of hydrogen-bond donors (Lipinski definition) is 2. The van der Waals surface area contributed by atoms with Crippen LogP contribution in [0.1, 0.15) is 26.2 Å². The molecular weight excluding hydrogens is 750 g/mol. The Kier molecular flexibility index (Phi) is 46.6. The summed E-state index contributed by atoms with van der Waals surface area (Å²) in [4.78, 5) is 0. The van der Waals surface area contributed by atoms with E-state index in [2.05, 4.69) is 30.3 Å². The molecular formula is C27H65NO18P4. The second-order valence-corrected chi connectivity index (χ2v) is 15.1. The van der Waals surface area contributed by atoms with Crippen molar-refractivity contribution in [1.82, 2.24) is 5.32 Å². The van der Waals surface area contributed by atoms with Gasteiger partial charge in [0, 0.05) is 49.8 Å². The highest BCUT2D eigenvalue weighted by Crippen LogP contribution is 2.47. The Morgan fingerprint density at radius 2 is 1.08 bits per heavy atom. The summed E-state index contributed by atoms with van der Waals surface area (Å²) in [6.45, 7) is 8.01. The molecule has 3 atom stereocenters. The molecule has 19 nitrogen and oxygen atoms in total. The summed E-state index contributed by atoms with van der Waals surface area (Å²) in [5.74, 6) is 0.467. The van der Waals surface area contributed by atoms with Gasteiger partial charge in [0.2, 0.25) is 0 Å². The van der Waals surface area contributed by atoms with Crippen LogP contribution >= 0.6 is 33.3 Å². The molecule has 0 amide bonds. The number of nitrogens with one attached hydrogen (secondary N) is 1. The molecule has 0 aliphatic carbocycles. The van der Waals surface area contributed by atoms with Crippen LogP contribution in [-0.4, -0.2) is 154 Å². The number of aliphatic hydroxyl groups is 1. The molecule has 0 heterocycles. The van der Waals surface area contributed by atoms with Crippen molar-refractivity contribution in [2.75, 3.05) is 149 Å². The highest BCUT2D eigenvalue weighted by Gasteiger charge is 2.22. The summed E-state index contributed by atoms with van der Waals surface area (Å²) in [5, 5.41) is 10.1. The molecule has 0 aromatic heterocycles. The third kappa shape index (κ3) is 38.4. The van der Waals surface area contributed by atoms with Gasteiger partial charge < -0.3 is 52.0 Å². The monoisotopic (exact) mass is 815 g/mol. The molecule has 0 bridgehead atoms. The van der Waals surface area contributed by atoms with Crippen molar-refractivity contribution in [1.29, 1.82) is 0 Å². The van der Waals surface area contributed by atoms with Crippen LogP contribution in [-0.2, 0) is 77.8 Å². The van der Waals surface area contributed by atoms with Gasteiger partial charge in [-0.15, -0.1) is 0 Å². The van der Waals surface area contributed by atoms with Crippen molar-refractivity contribution in [3.8, 4) is 0 Å². The van der Waals surface area contributed by atoms with Gasteiger partial charge in [-0.1, -0.05) is 13.3 Å². The molecule has 0 aromatic carbocycles. The van der Waals surface area contributed by atoms with Gasteiger partial charge in [-0.3, -0.25) is 27.1 Å². The molecule has 306 valence electrons. The van der Waals surface area contributed by atoms with Crippen LogP contribution in [0.2, 0.25) is 0 Å². The fourth-order valence-corrected chi connectivity index (χ4v) is 5.49. The summed E-state index contributed by atoms with van der Waals surface area (Å²) in [6.07, 6.45) is 3.47. The first-order valence-corrected chi connectivity index (χ1v) is 20.6. The quantitative estimate of drug-likeness (QED) is 0.0656. The Labute approximate surface area is 302 Å². The lowest BCUT2D eigenvalue weighted by molar-refractivity contribution is 0.0199. The van der Waals surface area contributed by atoms with Gasteiger partial charge in [0.15, 0.2) is 9.03 Å². The topological polar surface area (TPSA) is 205 Å². The van der Waals surface area contributed by atoms with Crippen molar-refractivity contribution in [3.05, 3.63) is 0 Å². The average Bonchev–Trinajstić information content (AvgIpc) is 3.15. The van der Waals surface area contributed by atoms with Gasteiger partial charge in [0.25, 0.3) is 0 Å². The molecule has 2 N–H and O–H groups in total. The molecule has 3 unspecified atom stereocenters. The minimum absolute atomic E-state index is 0.0431. The Balaban J connectivity index is -0.000000909. The minimum Gasteiger partial charge on any atom is -0.400 e. The van der Waals surface area contributed by atoms with E-state index in [1.165, 1.54) is 41.3 Å². The average molecular weight is 816 g/mol. The van der Waals surface area contributed by atoms with Crippen LogP contribution in [0.15, 0.2) is 0 Å². The van der Waals surface area contributed by atoms with E-state index in [9.17, 15) is 9.13 Å². The smallest absolute Gasteiger partial charge is 0.400 e. The number of phosphoric ester groups is 2. The zero-order chi connectivity index (χ0) is 38.2. The second kappa shape index (κ2) is 42.4. The van der Waals surface area contributed by atoms with Gasteiger partial charge in [0.05, 0.1) is 85.9 Å². The lowest BCUT2D eigenvalue weighted by atomic mass is 10.1. The predicted octanol–water partition coefficient (Wildman–Crippen LogP) is 4.59. The maximum atomic E-state index is 11.6. The lowest BCUT2D eigenvalue weighted by Crippen LogP contribution is -2.12. The molecule has 0 rings (SSSR count). The molecule has 0 saturated heterocycles. The van der Waals surface area contributed by atoms with Crippen LogP contribution < -0.4 is 5.32 Å². The predicted molar refractivity (Wildman–Crippen MR) is 191 cm³/mol. The number of phosphoric acid groups is 2. The first kappa shape index (κ1) is 55.0. The fraction of sp³-hybridized carbons (Fsp3) is 1.00. The first-order valence-electron chi connectivity index (χ1n) is 15.8. The van der Waals surface area contributed by atoms with Gasteiger partial charge in [-0.2, -0.15) is 0 Å². The van der Waals surface area contributed by atoms with Crippen LogP contribution in [0.4, 0.5) is 0 Å². The largest absolute Gasteiger partial charge is 0.474 e. The maximum Gasteiger partial charge on any atom is 0.474 e. The van der Waals surface area contributed by atoms with E-state index in [1.807, 2.05) is 7.05 Å². The second-order valence-electron chi connectivity index (χ2n) is 9.12. The van der Waals surface area contributed by atoms with Crippen LogP contribution in [0.25, 0.3) is 0 Å². The third-order valence-corrected chi connectivity index (χ3v) is 9.80. The number of ether oxygens (including phenoxy) is 4. The summed E-state index contributed by atoms with van der Waals surface area (Å²) in [5.41, 5.74) is 0. The standard InChI is InChI=1S/C17H39NO9P2.C9H22O8P2.CH4O/c1-17(8-6-7-9-18-2)16-26-28(20-3)25-14-12-23-10-11-24-13-15-27-29(19,21-4)22-5;1-11-18-16-8-6-14-4-5-15-7-9-17-19(10,12-2)13-3;1-2/h17-18H,6-16H2,1-5H3;18H,4-9H2,1-3H3;2H,1H3. The molecule has 0 aliphatic heterocycles. The zero-order valence-electron chi connectivity index (χ0n) is 31.3. The third-order valence-electron chi connectivity index (χ3n) is 5.48. The summed E-state index contributed by atoms with van der Waals surface area (Å²) in [7, 11) is 3.00. The van der Waals surface area contributed by atoms with E-state index in [-0.39, 0.29) is 35.5 Å². The first-order chi connectivity index (χ1) is 24.2. The Hall–Kier alpha value is 0.640. The number of unbranched alkanes of at least 4 members (excludes halogenated alkanes) is 1. The Morgan fingerprint density at radius 1 is 0.640 bits per heavy atom. The molecule has 0 fully saturated rings. The van der Waals surface area contributed by atoms with Crippen molar-refractivity contribution in [2.45, 2.75) is 26.2 Å². The molecule has 23 heteroatoms. The summed E-state index contributed by atoms with van der Waals surface area (Å²) >= 11 is 0. The van der Waals surface area contributed by atoms with E-state index >= 15 is 0 Å². The Bertz CT molecular complexity index is 752. The van der Waals surface area contributed by atoms with E-state index < -0.39 is 24.2 Å². The van der Waals surface area contributed by atoms with Crippen molar-refractivity contribution >= 4 is 33.3 Å². The molecule has 50 heavy (non-hydrogen) atoms. The maximum absolute atomic E-state index is 11.6. The van der Waals surface area contributed by atoms with Crippen molar-refractivity contribution in [3.63, 3.8) is 0 Å². The summed E-state index contributed by atoms with van der Waals surface area (Å²) < 4.78 is 98.8. The van der Waals surface area contributed by atoms with Crippen LogP contribution in [0, 0.1) is 5.92 Å². The van der Waals surface area contributed by atoms with Crippen LogP contribution in [0.3, 0.4) is 0 Å². The number of hydrogen-bond acceptors (Lipinski definition) is 19. The lowest BCUT2D eigenvalue weighted by Gasteiger charge is -2.17. The molecule has 0 saturated carbocycles. The van der Waals surface area contributed by atoms with Gasteiger partial charge >= 0.3 is 24.2 Å². The van der Waals surface area contributed by atoms with Gasteiger partial charge in [-0.25, -0.2) is 9.13 Å². The van der Waals surface area contributed by atoms with Gasteiger partial charge in [-0.05, 0) is 32.4 Å². The zero-order valence-corrected chi connectivity index (χ0v) is 35.0. The van der Waals surface area contributed by atoms with Crippen molar-refractivity contribution in [2.24, 2.45) is 5.92 Å². The molecule has 0 aromatic rings. The highest BCUT2D eigenvalue weighted by molar-refractivity contribution is 7.48. The normalized spacial score (nSPS) is 13.2. The Morgan fingerprint density at radius 3 is 1.50 bits per heavy atom. The highest BCUT2D eigenvalue weighted by atomic mass is 31.2. The van der Waals surface area contributed by atoms with E-state index in [0.717, 1.165) is 20.1 Å². The molecule has 0 spiro atoms. The van der Waals surface area contributed by atoms with E-state index in [4.69, 9.17) is 55.7 Å². The molecule has 0 aliphatic rings. The number of aliphatic hydroxyl groups excluding tert-OH is 1. The van der Waals surface area contributed by atoms with Crippen molar-refractivity contribution < 1.29 is 82.9 Å². The van der Waals surface area contributed by atoms with E-state index in [1.54, 1.807) is 14.2 Å². The molecule has 0 radical (unpaired) electrons. The van der Waals surface area contributed by atoms with Crippen LogP contribution in [0.5, 0.6) is 0 Å². The van der Waals surface area contributed by atoms with E-state index in [0.29, 0.717) is 65.4 Å². The fourth-order valence-electron chi connectivity index (χ4n) is 3.00.